The molecular formula is C10H12FNO2. The van der Waals surface area contributed by atoms with Crippen molar-refractivity contribution >= 4 is 11.7 Å². The molecule has 1 rings (SSSR count). The Kier molecular flexibility index (Phi) is 3.06. The van der Waals surface area contributed by atoms with Crippen molar-refractivity contribution in [3.8, 4) is 0 Å². The second kappa shape index (κ2) is 4.09. The van der Waals surface area contributed by atoms with Crippen molar-refractivity contribution in [1.82, 2.24) is 0 Å². The molecule has 14 heavy (non-hydrogen) atoms. The first-order valence-corrected chi connectivity index (χ1v) is 4.30. The number of carbonyl (C=O) groups is 1. The van der Waals surface area contributed by atoms with Gasteiger partial charge in [0.15, 0.2) is 0 Å². The van der Waals surface area contributed by atoms with Gasteiger partial charge in [0.1, 0.15) is 5.82 Å². The highest BCUT2D eigenvalue weighted by molar-refractivity contribution is 5.94. The van der Waals surface area contributed by atoms with Crippen LogP contribution in [0.15, 0.2) is 18.2 Å². The molecule has 0 radical (unpaired) electrons. The van der Waals surface area contributed by atoms with Gasteiger partial charge in [0.05, 0.1) is 11.3 Å². The van der Waals surface area contributed by atoms with E-state index in [0.29, 0.717) is 6.54 Å². The summed E-state index contributed by atoms with van der Waals surface area (Å²) in [6.07, 6.45) is 0. The van der Waals surface area contributed by atoms with Crippen LogP contribution in [0.1, 0.15) is 17.3 Å². The molecule has 0 aliphatic rings. The summed E-state index contributed by atoms with van der Waals surface area (Å²) >= 11 is 0. The predicted molar refractivity (Wildman–Crippen MR) is 52.3 cm³/mol. The summed E-state index contributed by atoms with van der Waals surface area (Å²) in [7, 11) is 1.66. The zero-order valence-electron chi connectivity index (χ0n) is 8.12. The van der Waals surface area contributed by atoms with Crippen LogP contribution in [-0.4, -0.2) is 24.7 Å². The first kappa shape index (κ1) is 10.5. The van der Waals surface area contributed by atoms with E-state index < -0.39 is 11.8 Å². The first-order chi connectivity index (χ1) is 6.57. The van der Waals surface area contributed by atoms with Gasteiger partial charge in [-0.05, 0) is 19.1 Å². The van der Waals surface area contributed by atoms with E-state index in [2.05, 4.69) is 0 Å². The topological polar surface area (TPSA) is 40.5 Å². The van der Waals surface area contributed by atoms with Gasteiger partial charge in [0.2, 0.25) is 0 Å². The van der Waals surface area contributed by atoms with Crippen molar-refractivity contribution in [3.63, 3.8) is 0 Å². The summed E-state index contributed by atoms with van der Waals surface area (Å²) in [6.45, 7) is 2.39. The Balaban J connectivity index is 3.29. The van der Waals surface area contributed by atoms with E-state index in [4.69, 9.17) is 5.11 Å². The van der Waals surface area contributed by atoms with E-state index in [1.165, 1.54) is 18.2 Å². The molecule has 0 saturated heterocycles. The van der Waals surface area contributed by atoms with E-state index in [9.17, 15) is 9.18 Å². The molecule has 0 amide bonds. The number of anilines is 1. The number of carboxylic acids is 1. The molecule has 1 N–H and O–H groups in total. The minimum Gasteiger partial charge on any atom is -0.478 e. The SMILES string of the molecule is CCN(C)c1c(F)cccc1C(=O)O. The van der Waals surface area contributed by atoms with E-state index in [0.717, 1.165) is 0 Å². The van der Waals surface area contributed by atoms with Crippen LogP contribution < -0.4 is 4.90 Å². The third kappa shape index (κ3) is 1.84. The van der Waals surface area contributed by atoms with Crippen LogP contribution in [0.25, 0.3) is 0 Å². The Bertz CT molecular complexity index is 352. The summed E-state index contributed by atoms with van der Waals surface area (Å²) in [6, 6.07) is 4.05. The molecule has 76 valence electrons. The van der Waals surface area contributed by atoms with Crippen molar-refractivity contribution in [1.29, 1.82) is 0 Å². The summed E-state index contributed by atoms with van der Waals surface area (Å²) in [5.41, 5.74) is 0.136. The maximum absolute atomic E-state index is 13.3. The smallest absolute Gasteiger partial charge is 0.337 e. The van der Waals surface area contributed by atoms with Crippen molar-refractivity contribution in [2.45, 2.75) is 6.92 Å². The van der Waals surface area contributed by atoms with Gasteiger partial charge in [-0.25, -0.2) is 9.18 Å². The van der Waals surface area contributed by atoms with Crippen LogP contribution in [-0.2, 0) is 0 Å². The second-order valence-corrected chi connectivity index (χ2v) is 2.96. The fraction of sp³-hybridized carbons (Fsp3) is 0.300. The number of rotatable bonds is 3. The van der Waals surface area contributed by atoms with Gasteiger partial charge < -0.3 is 10.0 Å². The van der Waals surface area contributed by atoms with Gasteiger partial charge in [0, 0.05) is 13.6 Å². The maximum Gasteiger partial charge on any atom is 0.337 e. The Labute approximate surface area is 81.8 Å². The van der Waals surface area contributed by atoms with E-state index in [1.807, 2.05) is 6.92 Å². The molecule has 1 aromatic carbocycles. The Hall–Kier alpha value is -1.58. The van der Waals surface area contributed by atoms with Gasteiger partial charge in [-0.3, -0.25) is 0 Å². The summed E-state index contributed by atoms with van der Waals surface area (Å²) in [5, 5.41) is 8.84. The number of carboxylic acid groups (broad SMARTS) is 1. The minimum absolute atomic E-state index is 0.00523. The molecule has 0 saturated carbocycles. The predicted octanol–water partition coefficient (Wildman–Crippen LogP) is 1.98. The first-order valence-electron chi connectivity index (χ1n) is 4.30. The number of benzene rings is 1. The lowest BCUT2D eigenvalue weighted by Gasteiger charge is -2.19. The monoisotopic (exact) mass is 197 g/mol. The Morgan fingerprint density at radius 1 is 1.57 bits per heavy atom. The molecule has 0 aliphatic heterocycles. The second-order valence-electron chi connectivity index (χ2n) is 2.96. The van der Waals surface area contributed by atoms with Crippen molar-refractivity contribution in [2.75, 3.05) is 18.5 Å². The van der Waals surface area contributed by atoms with Gasteiger partial charge in [0.25, 0.3) is 0 Å². The Morgan fingerprint density at radius 3 is 2.71 bits per heavy atom. The lowest BCUT2D eigenvalue weighted by Crippen LogP contribution is -2.20. The van der Waals surface area contributed by atoms with Gasteiger partial charge in [-0.15, -0.1) is 0 Å². The quantitative estimate of drug-likeness (QED) is 0.805. The number of nitrogens with zero attached hydrogens (tertiary/aromatic N) is 1. The van der Waals surface area contributed by atoms with E-state index in [-0.39, 0.29) is 11.3 Å². The van der Waals surface area contributed by atoms with Gasteiger partial charge in [-0.2, -0.15) is 0 Å². The van der Waals surface area contributed by atoms with Crippen LogP contribution >= 0.6 is 0 Å². The minimum atomic E-state index is -1.11. The third-order valence-electron chi connectivity index (χ3n) is 2.07. The van der Waals surface area contributed by atoms with Crippen molar-refractivity contribution < 1.29 is 14.3 Å². The van der Waals surface area contributed by atoms with Gasteiger partial charge in [-0.1, -0.05) is 6.07 Å². The fourth-order valence-corrected chi connectivity index (χ4v) is 1.23. The average molecular weight is 197 g/mol. The lowest BCUT2D eigenvalue weighted by atomic mass is 10.1. The van der Waals surface area contributed by atoms with Crippen molar-refractivity contribution in [2.24, 2.45) is 0 Å². The Morgan fingerprint density at radius 2 is 2.21 bits per heavy atom. The fourth-order valence-electron chi connectivity index (χ4n) is 1.23. The lowest BCUT2D eigenvalue weighted by molar-refractivity contribution is 0.0697. The largest absolute Gasteiger partial charge is 0.478 e. The molecule has 4 heteroatoms. The van der Waals surface area contributed by atoms with Crippen LogP contribution in [0.4, 0.5) is 10.1 Å². The van der Waals surface area contributed by atoms with E-state index in [1.54, 1.807) is 11.9 Å². The molecule has 0 aliphatic carbocycles. The third-order valence-corrected chi connectivity index (χ3v) is 2.07. The highest BCUT2D eigenvalue weighted by Gasteiger charge is 2.16. The maximum atomic E-state index is 13.3. The molecule has 0 aromatic heterocycles. The molecule has 0 heterocycles. The summed E-state index contributed by atoms with van der Waals surface area (Å²) in [5.74, 6) is -1.62. The number of halogens is 1. The highest BCUT2D eigenvalue weighted by atomic mass is 19.1. The normalized spacial score (nSPS) is 9.93. The number of para-hydroxylation sites is 1. The molecule has 0 fully saturated rings. The molecule has 0 bridgehead atoms. The van der Waals surface area contributed by atoms with Gasteiger partial charge >= 0.3 is 5.97 Å². The summed E-state index contributed by atoms with van der Waals surface area (Å²) < 4.78 is 13.3. The molecular weight excluding hydrogens is 185 g/mol. The molecule has 0 unspecified atom stereocenters. The molecule has 3 nitrogen and oxygen atoms in total. The van der Waals surface area contributed by atoms with E-state index >= 15 is 0 Å². The van der Waals surface area contributed by atoms with Crippen LogP contribution in [0, 0.1) is 5.82 Å². The van der Waals surface area contributed by atoms with Crippen LogP contribution in [0.5, 0.6) is 0 Å². The summed E-state index contributed by atoms with van der Waals surface area (Å²) in [4.78, 5) is 12.4. The average Bonchev–Trinajstić information content (AvgIpc) is 2.16. The number of hydrogen-bond donors (Lipinski definition) is 1. The van der Waals surface area contributed by atoms with Crippen LogP contribution in [0.2, 0.25) is 0 Å². The van der Waals surface area contributed by atoms with Crippen LogP contribution in [0.3, 0.4) is 0 Å². The number of hydrogen-bond acceptors (Lipinski definition) is 2. The highest BCUT2D eigenvalue weighted by Crippen LogP contribution is 2.23. The van der Waals surface area contributed by atoms with Crippen molar-refractivity contribution in [3.05, 3.63) is 29.6 Å². The molecule has 0 spiro atoms. The number of aromatic carboxylic acids is 1. The molecule has 1 aromatic rings. The molecule has 0 atom stereocenters. The standard InChI is InChI=1S/C10H12FNO2/c1-3-12(2)9-7(10(13)14)5-4-6-8(9)11/h4-6H,3H2,1-2H3,(H,13,14). The zero-order valence-corrected chi connectivity index (χ0v) is 8.12. The zero-order chi connectivity index (χ0) is 10.7.